The Hall–Kier alpha value is -1.51. The zero-order chi connectivity index (χ0) is 14.6. The van der Waals surface area contributed by atoms with E-state index in [-0.39, 0.29) is 23.9 Å². The highest BCUT2D eigenvalue weighted by atomic mass is 35.5. The summed E-state index contributed by atoms with van der Waals surface area (Å²) < 4.78 is 5.96. The third kappa shape index (κ3) is 4.76. The lowest BCUT2D eigenvalue weighted by molar-refractivity contribution is 0.280. The number of rotatable bonds is 4. The second kappa shape index (κ2) is 7.48. The zero-order valence-electron chi connectivity index (χ0n) is 12.9. The Balaban J connectivity index is 0.00000220. The lowest BCUT2D eigenvalue weighted by atomic mass is 9.83. The molecule has 2 N–H and O–H groups in total. The van der Waals surface area contributed by atoms with Crippen molar-refractivity contribution >= 4 is 12.4 Å². The van der Waals surface area contributed by atoms with E-state index in [9.17, 15) is 0 Å². The Labute approximate surface area is 133 Å². The van der Waals surface area contributed by atoms with Crippen molar-refractivity contribution in [3.05, 3.63) is 65.7 Å². The predicted octanol–water partition coefficient (Wildman–Crippen LogP) is 4.73. The van der Waals surface area contributed by atoms with E-state index in [1.54, 1.807) is 0 Å². The van der Waals surface area contributed by atoms with Crippen molar-refractivity contribution in [2.24, 2.45) is 11.1 Å². The zero-order valence-corrected chi connectivity index (χ0v) is 13.7. The molecule has 3 heteroatoms. The number of nitrogens with two attached hydrogens (primary N) is 1. The number of halogens is 1. The summed E-state index contributed by atoms with van der Waals surface area (Å²) in [6.07, 6.45) is 0. The molecule has 0 bridgehead atoms. The van der Waals surface area contributed by atoms with Gasteiger partial charge < -0.3 is 10.5 Å². The molecule has 0 spiro atoms. The van der Waals surface area contributed by atoms with Crippen molar-refractivity contribution in [2.75, 3.05) is 0 Å². The molecule has 1 atom stereocenters. The maximum Gasteiger partial charge on any atom is 0.124 e. The summed E-state index contributed by atoms with van der Waals surface area (Å²) >= 11 is 0. The minimum absolute atomic E-state index is 0. The SMILES string of the molecule is CC(C)(C)[C@@H](N)c1ccccc1OCc1ccccc1.Cl. The van der Waals surface area contributed by atoms with Gasteiger partial charge in [0.05, 0.1) is 0 Å². The summed E-state index contributed by atoms with van der Waals surface area (Å²) in [6.45, 7) is 7.00. The highest BCUT2D eigenvalue weighted by molar-refractivity contribution is 5.85. The number of hydrogen-bond acceptors (Lipinski definition) is 2. The molecule has 0 amide bonds. The minimum Gasteiger partial charge on any atom is -0.489 e. The number of hydrogen-bond donors (Lipinski definition) is 1. The molecule has 0 aromatic heterocycles. The second-order valence-electron chi connectivity index (χ2n) is 6.16. The van der Waals surface area contributed by atoms with E-state index in [2.05, 4.69) is 39.0 Å². The van der Waals surface area contributed by atoms with Gasteiger partial charge in [-0.15, -0.1) is 12.4 Å². The van der Waals surface area contributed by atoms with Gasteiger partial charge in [0, 0.05) is 11.6 Å². The molecule has 0 aliphatic carbocycles. The van der Waals surface area contributed by atoms with Gasteiger partial charge in [-0.3, -0.25) is 0 Å². The fourth-order valence-corrected chi connectivity index (χ4v) is 2.07. The molecule has 0 saturated carbocycles. The molecule has 2 aromatic rings. The van der Waals surface area contributed by atoms with E-state index in [0.29, 0.717) is 6.61 Å². The van der Waals surface area contributed by atoms with Gasteiger partial charge in [0.1, 0.15) is 12.4 Å². The molecule has 2 rings (SSSR count). The first-order valence-electron chi connectivity index (χ1n) is 7.00. The van der Waals surface area contributed by atoms with E-state index < -0.39 is 0 Å². The van der Waals surface area contributed by atoms with Crippen molar-refractivity contribution in [3.8, 4) is 5.75 Å². The summed E-state index contributed by atoms with van der Waals surface area (Å²) in [5.41, 5.74) is 8.59. The van der Waals surface area contributed by atoms with Crippen LogP contribution < -0.4 is 10.5 Å². The van der Waals surface area contributed by atoms with Crippen LogP contribution in [0, 0.1) is 5.41 Å². The fourth-order valence-electron chi connectivity index (χ4n) is 2.07. The van der Waals surface area contributed by atoms with Gasteiger partial charge in [0.2, 0.25) is 0 Å². The van der Waals surface area contributed by atoms with Crippen molar-refractivity contribution in [3.63, 3.8) is 0 Å². The number of para-hydroxylation sites is 1. The Morgan fingerprint density at radius 3 is 2.14 bits per heavy atom. The van der Waals surface area contributed by atoms with Crippen molar-refractivity contribution < 1.29 is 4.74 Å². The molecule has 2 nitrogen and oxygen atoms in total. The largest absolute Gasteiger partial charge is 0.489 e. The summed E-state index contributed by atoms with van der Waals surface area (Å²) in [4.78, 5) is 0. The quantitative estimate of drug-likeness (QED) is 0.886. The monoisotopic (exact) mass is 305 g/mol. The van der Waals surface area contributed by atoms with E-state index >= 15 is 0 Å². The normalized spacial score (nSPS) is 12.4. The van der Waals surface area contributed by atoms with Gasteiger partial charge in [-0.25, -0.2) is 0 Å². The molecule has 0 aliphatic heterocycles. The molecule has 0 unspecified atom stereocenters. The first-order valence-corrected chi connectivity index (χ1v) is 7.00. The van der Waals surface area contributed by atoms with E-state index in [0.717, 1.165) is 16.9 Å². The van der Waals surface area contributed by atoms with Crippen molar-refractivity contribution in [1.82, 2.24) is 0 Å². The van der Waals surface area contributed by atoms with E-state index in [1.807, 2.05) is 36.4 Å². The van der Waals surface area contributed by atoms with Crippen molar-refractivity contribution in [2.45, 2.75) is 33.4 Å². The Kier molecular flexibility index (Phi) is 6.25. The standard InChI is InChI=1S/C18H23NO.ClH/c1-18(2,3)17(19)15-11-7-8-12-16(15)20-13-14-9-5-4-6-10-14;/h4-12,17H,13,19H2,1-3H3;1H/t17-;/m0./s1. The van der Waals surface area contributed by atoms with Crippen LogP contribution in [-0.4, -0.2) is 0 Å². The first kappa shape index (κ1) is 17.5. The van der Waals surface area contributed by atoms with Crippen LogP contribution in [-0.2, 0) is 6.61 Å². The average Bonchev–Trinajstić information content (AvgIpc) is 2.45. The van der Waals surface area contributed by atoms with Crippen molar-refractivity contribution in [1.29, 1.82) is 0 Å². The highest BCUT2D eigenvalue weighted by Crippen LogP contribution is 2.35. The smallest absolute Gasteiger partial charge is 0.124 e. The summed E-state index contributed by atoms with van der Waals surface area (Å²) in [7, 11) is 0. The van der Waals surface area contributed by atoms with Gasteiger partial charge >= 0.3 is 0 Å². The van der Waals surface area contributed by atoms with E-state index in [4.69, 9.17) is 10.5 Å². The summed E-state index contributed by atoms with van der Waals surface area (Å²) in [5.74, 6) is 0.874. The molecule has 0 fully saturated rings. The van der Waals surface area contributed by atoms with Crippen LogP contribution in [0.15, 0.2) is 54.6 Å². The lowest BCUT2D eigenvalue weighted by Crippen LogP contribution is -2.26. The Morgan fingerprint density at radius 2 is 1.52 bits per heavy atom. The van der Waals surface area contributed by atoms with Crippen LogP contribution in [0.1, 0.15) is 37.9 Å². The third-order valence-corrected chi connectivity index (χ3v) is 3.42. The Bertz CT molecular complexity index is 549. The maximum absolute atomic E-state index is 6.36. The van der Waals surface area contributed by atoms with Crippen LogP contribution in [0.5, 0.6) is 5.75 Å². The van der Waals surface area contributed by atoms with Crippen LogP contribution >= 0.6 is 12.4 Å². The second-order valence-corrected chi connectivity index (χ2v) is 6.16. The van der Waals surface area contributed by atoms with Gasteiger partial charge in [0.15, 0.2) is 0 Å². The van der Waals surface area contributed by atoms with Crippen LogP contribution in [0.4, 0.5) is 0 Å². The molecular formula is C18H24ClNO. The van der Waals surface area contributed by atoms with Gasteiger partial charge in [-0.2, -0.15) is 0 Å². The number of ether oxygens (including phenoxy) is 1. The Morgan fingerprint density at radius 1 is 0.952 bits per heavy atom. The van der Waals surface area contributed by atoms with Crippen LogP contribution in [0.2, 0.25) is 0 Å². The minimum atomic E-state index is -0.0468. The highest BCUT2D eigenvalue weighted by Gasteiger charge is 2.24. The molecular weight excluding hydrogens is 282 g/mol. The topological polar surface area (TPSA) is 35.2 Å². The molecule has 0 aliphatic rings. The molecule has 2 aromatic carbocycles. The van der Waals surface area contributed by atoms with Gasteiger partial charge in [0.25, 0.3) is 0 Å². The summed E-state index contributed by atoms with van der Waals surface area (Å²) in [6, 6.07) is 18.2. The molecule has 0 saturated heterocycles. The molecule has 0 heterocycles. The third-order valence-electron chi connectivity index (χ3n) is 3.42. The average molecular weight is 306 g/mol. The first-order chi connectivity index (χ1) is 9.48. The lowest BCUT2D eigenvalue weighted by Gasteiger charge is -2.28. The maximum atomic E-state index is 6.36. The van der Waals surface area contributed by atoms with Crippen LogP contribution in [0.25, 0.3) is 0 Å². The molecule has 21 heavy (non-hydrogen) atoms. The van der Waals surface area contributed by atoms with Crippen LogP contribution in [0.3, 0.4) is 0 Å². The number of benzene rings is 2. The van der Waals surface area contributed by atoms with Gasteiger partial charge in [-0.1, -0.05) is 69.3 Å². The predicted molar refractivity (Wildman–Crippen MR) is 90.8 cm³/mol. The fraction of sp³-hybridized carbons (Fsp3) is 0.333. The molecule has 0 radical (unpaired) electrons. The summed E-state index contributed by atoms with van der Waals surface area (Å²) in [5, 5.41) is 0. The van der Waals surface area contributed by atoms with Gasteiger partial charge in [-0.05, 0) is 17.0 Å². The van der Waals surface area contributed by atoms with E-state index in [1.165, 1.54) is 0 Å². The molecule has 114 valence electrons.